The molecule has 12 heteroatoms. The zero-order valence-corrected chi connectivity index (χ0v) is 24.3. The van der Waals surface area contributed by atoms with Gasteiger partial charge in [-0.3, -0.25) is 9.52 Å². The number of aryl methyl sites for hydroxylation is 1. The fourth-order valence-electron chi connectivity index (χ4n) is 4.15. The maximum Gasteiger partial charge on any atom is 0.263 e. The summed E-state index contributed by atoms with van der Waals surface area (Å²) in [7, 11) is -2.57. The van der Waals surface area contributed by atoms with Crippen molar-refractivity contribution in [2.24, 2.45) is 0 Å². The van der Waals surface area contributed by atoms with Crippen LogP contribution in [0.5, 0.6) is 5.75 Å². The third kappa shape index (κ3) is 6.88. The van der Waals surface area contributed by atoms with Crippen molar-refractivity contribution in [3.63, 3.8) is 0 Å². The minimum Gasteiger partial charge on any atom is -0.497 e. The van der Waals surface area contributed by atoms with Crippen LogP contribution in [0.2, 0.25) is 5.02 Å². The second-order valence-corrected chi connectivity index (χ2v) is 11.4. The highest BCUT2D eigenvalue weighted by Gasteiger charge is 2.20. The molecule has 0 unspecified atom stereocenters. The molecule has 0 atom stereocenters. The first-order valence-corrected chi connectivity index (χ1v) is 14.7. The van der Waals surface area contributed by atoms with Crippen molar-refractivity contribution in [2.45, 2.75) is 11.8 Å². The van der Waals surface area contributed by atoms with Gasteiger partial charge in [-0.1, -0.05) is 41.9 Å². The number of nitrogens with zero attached hydrogens (tertiary/aromatic N) is 2. The third-order valence-electron chi connectivity index (χ3n) is 6.09. The molecule has 214 valence electrons. The van der Waals surface area contributed by atoms with Crippen LogP contribution in [-0.4, -0.2) is 37.9 Å². The number of para-hydroxylation sites is 3. The van der Waals surface area contributed by atoms with Crippen LogP contribution in [0.15, 0.2) is 95.9 Å². The molecule has 42 heavy (non-hydrogen) atoms. The van der Waals surface area contributed by atoms with Crippen LogP contribution in [0.3, 0.4) is 0 Å². The first-order chi connectivity index (χ1) is 20.2. The Kier molecular flexibility index (Phi) is 8.41. The Hall–Kier alpha value is -4.87. The Balaban J connectivity index is 1.38. The van der Waals surface area contributed by atoms with Crippen molar-refractivity contribution < 1.29 is 17.9 Å². The third-order valence-corrected chi connectivity index (χ3v) is 7.76. The summed E-state index contributed by atoms with van der Waals surface area (Å²) < 4.78 is 35.0. The van der Waals surface area contributed by atoms with Crippen molar-refractivity contribution in [2.75, 3.05) is 34.3 Å². The van der Waals surface area contributed by atoms with E-state index in [1.807, 2.05) is 25.1 Å². The van der Waals surface area contributed by atoms with Gasteiger partial charge in [-0.25, -0.2) is 18.4 Å². The van der Waals surface area contributed by atoms with Crippen molar-refractivity contribution >= 4 is 67.3 Å². The summed E-state index contributed by atoms with van der Waals surface area (Å²) in [5, 5.41) is 9.31. The van der Waals surface area contributed by atoms with Gasteiger partial charge in [0.15, 0.2) is 11.6 Å². The van der Waals surface area contributed by atoms with E-state index in [2.05, 4.69) is 30.6 Å². The van der Waals surface area contributed by atoms with Gasteiger partial charge >= 0.3 is 0 Å². The Morgan fingerprint density at radius 3 is 2.31 bits per heavy atom. The number of carbonyl (C=O) groups is 1. The van der Waals surface area contributed by atoms with E-state index in [-0.39, 0.29) is 29.0 Å². The standard InChI is InChI=1S/C30H27ClN6O4S/c1-19-14-21(16-22(15-19)41-2)34-29-30(36-27-13-6-5-12-26(27)35-29)37-42(39,40)23-9-7-8-20(17-23)33-28(38)18-32-25-11-4-3-10-24(25)31/h3-17,32H,18H2,1-2H3,(H,33,38)(H,34,35)(H,36,37). The number of nitrogens with one attached hydrogen (secondary N) is 4. The molecule has 0 fully saturated rings. The number of halogens is 1. The summed E-state index contributed by atoms with van der Waals surface area (Å²) in [6, 6.07) is 25.6. The lowest BCUT2D eigenvalue weighted by Crippen LogP contribution is -2.22. The lowest BCUT2D eigenvalue weighted by atomic mass is 10.2. The zero-order chi connectivity index (χ0) is 29.7. The van der Waals surface area contributed by atoms with E-state index < -0.39 is 10.0 Å². The Morgan fingerprint density at radius 2 is 1.57 bits per heavy atom. The molecule has 0 aliphatic heterocycles. The number of anilines is 5. The first-order valence-electron chi connectivity index (χ1n) is 12.8. The van der Waals surface area contributed by atoms with Gasteiger partial charge in [0.25, 0.3) is 10.0 Å². The van der Waals surface area contributed by atoms with Crippen LogP contribution in [-0.2, 0) is 14.8 Å². The van der Waals surface area contributed by atoms with E-state index >= 15 is 0 Å². The predicted octanol–water partition coefficient (Wildman–Crippen LogP) is 6.20. The van der Waals surface area contributed by atoms with Crippen molar-refractivity contribution in [1.82, 2.24) is 9.97 Å². The highest BCUT2D eigenvalue weighted by Crippen LogP contribution is 2.30. The van der Waals surface area contributed by atoms with Gasteiger partial charge in [0.2, 0.25) is 5.91 Å². The molecule has 0 saturated carbocycles. The number of ether oxygens (including phenoxy) is 1. The molecule has 0 saturated heterocycles. The zero-order valence-electron chi connectivity index (χ0n) is 22.7. The number of carbonyl (C=O) groups excluding carboxylic acids is 1. The van der Waals surface area contributed by atoms with Crippen LogP contribution in [0.25, 0.3) is 11.0 Å². The highest BCUT2D eigenvalue weighted by molar-refractivity contribution is 7.92. The SMILES string of the molecule is COc1cc(C)cc(Nc2nc3ccccc3nc2NS(=O)(=O)c2cccc(NC(=O)CNc3ccccc3Cl)c2)c1. The van der Waals surface area contributed by atoms with Gasteiger partial charge in [-0.2, -0.15) is 0 Å². The Morgan fingerprint density at radius 1 is 0.857 bits per heavy atom. The molecule has 0 spiro atoms. The van der Waals surface area contributed by atoms with Gasteiger partial charge in [0.1, 0.15) is 5.75 Å². The van der Waals surface area contributed by atoms with E-state index in [0.29, 0.717) is 38.9 Å². The summed E-state index contributed by atoms with van der Waals surface area (Å²) >= 11 is 6.13. The second kappa shape index (κ2) is 12.3. The molecular formula is C30H27ClN6O4S. The van der Waals surface area contributed by atoms with Crippen LogP contribution in [0, 0.1) is 6.92 Å². The summed E-state index contributed by atoms with van der Waals surface area (Å²) in [5.41, 5.74) is 3.59. The number of methoxy groups -OCH3 is 1. The van der Waals surface area contributed by atoms with Crippen molar-refractivity contribution in [3.05, 3.63) is 102 Å². The van der Waals surface area contributed by atoms with E-state index in [1.54, 1.807) is 61.7 Å². The van der Waals surface area contributed by atoms with Crippen molar-refractivity contribution in [3.8, 4) is 5.75 Å². The van der Waals surface area contributed by atoms with E-state index in [9.17, 15) is 13.2 Å². The van der Waals surface area contributed by atoms with E-state index in [0.717, 1.165) is 5.56 Å². The maximum absolute atomic E-state index is 13.5. The van der Waals surface area contributed by atoms with Gasteiger partial charge in [-0.05, 0) is 67.1 Å². The molecule has 1 amide bonds. The Bertz CT molecular complexity index is 1880. The molecule has 0 aliphatic rings. The Labute approximate surface area is 248 Å². The largest absolute Gasteiger partial charge is 0.497 e. The summed E-state index contributed by atoms with van der Waals surface area (Å²) in [6.07, 6.45) is 0. The minimum atomic E-state index is -4.14. The lowest BCUT2D eigenvalue weighted by Gasteiger charge is -2.15. The topological polar surface area (TPSA) is 134 Å². The summed E-state index contributed by atoms with van der Waals surface area (Å²) in [5.74, 6) is 0.472. The van der Waals surface area contributed by atoms with Crippen LogP contribution in [0.4, 0.5) is 28.7 Å². The number of benzene rings is 4. The van der Waals surface area contributed by atoms with Gasteiger partial charge in [-0.15, -0.1) is 0 Å². The van der Waals surface area contributed by atoms with Gasteiger partial charge in [0, 0.05) is 17.4 Å². The van der Waals surface area contributed by atoms with Crippen LogP contribution >= 0.6 is 11.6 Å². The lowest BCUT2D eigenvalue weighted by molar-refractivity contribution is -0.114. The summed E-state index contributed by atoms with van der Waals surface area (Å²) in [4.78, 5) is 21.6. The molecule has 4 aromatic carbocycles. The minimum absolute atomic E-state index is 0.00699. The molecule has 1 aromatic heterocycles. The molecular weight excluding hydrogens is 576 g/mol. The number of amides is 1. The quantitative estimate of drug-likeness (QED) is 0.149. The monoisotopic (exact) mass is 602 g/mol. The highest BCUT2D eigenvalue weighted by atomic mass is 35.5. The first kappa shape index (κ1) is 28.7. The van der Waals surface area contributed by atoms with Gasteiger partial charge in [0.05, 0.1) is 40.3 Å². The fourth-order valence-corrected chi connectivity index (χ4v) is 5.40. The number of hydrogen-bond acceptors (Lipinski definition) is 8. The normalized spacial score (nSPS) is 11.1. The number of sulfonamides is 1. The molecule has 5 rings (SSSR count). The number of aromatic nitrogens is 2. The molecule has 0 bridgehead atoms. The maximum atomic E-state index is 13.5. The number of hydrogen-bond donors (Lipinski definition) is 4. The predicted molar refractivity (Wildman–Crippen MR) is 166 cm³/mol. The van der Waals surface area contributed by atoms with Gasteiger partial charge < -0.3 is 20.7 Å². The smallest absolute Gasteiger partial charge is 0.263 e. The number of fused-ring (bicyclic) bond motifs is 1. The van der Waals surface area contributed by atoms with E-state index in [1.165, 1.54) is 18.2 Å². The fraction of sp³-hybridized carbons (Fsp3) is 0.100. The van der Waals surface area contributed by atoms with E-state index in [4.69, 9.17) is 16.3 Å². The molecule has 5 aromatic rings. The average Bonchev–Trinajstić information content (AvgIpc) is 2.96. The molecule has 1 heterocycles. The molecule has 0 radical (unpaired) electrons. The van der Waals surface area contributed by atoms with Crippen LogP contribution in [0.1, 0.15) is 5.56 Å². The molecule has 10 nitrogen and oxygen atoms in total. The van der Waals surface area contributed by atoms with Crippen LogP contribution < -0.4 is 25.4 Å². The second-order valence-electron chi connectivity index (χ2n) is 9.29. The average molecular weight is 603 g/mol. The summed E-state index contributed by atoms with van der Waals surface area (Å²) in [6.45, 7) is 1.85. The molecule has 4 N–H and O–H groups in total. The van der Waals surface area contributed by atoms with Crippen molar-refractivity contribution in [1.29, 1.82) is 0 Å². The number of rotatable bonds is 10. The molecule has 0 aliphatic carbocycles.